The number of hydrogen-bond acceptors (Lipinski definition) is 8. The molecule has 2 aliphatic heterocycles. The molecule has 6 rings (SSSR count). The smallest absolute Gasteiger partial charge is 0.259 e. The average Bonchev–Trinajstić information content (AvgIpc) is 3.92. The number of nitrogens with one attached hydrogen (secondary N) is 2. The van der Waals surface area contributed by atoms with Gasteiger partial charge in [0.25, 0.3) is 5.91 Å². The van der Waals surface area contributed by atoms with Gasteiger partial charge in [-0.25, -0.2) is 13.4 Å². The molecular formula is C35H45ClN4O7S. The molecule has 48 heavy (non-hydrogen) atoms. The van der Waals surface area contributed by atoms with Crippen LogP contribution in [-0.4, -0.2) is 72.1 Å². The number of hydrogen-bond donors (Lipinski definition) is 2. The van der Waals surface area contributed by atoms with E-state index in [1.165, 1.54) is 7.11 Å². The molecule has 260 valence electrons. The molecule has 1 aromatic carbocycles. The first kappa shape index (κ1) is 34.5. The molecule has 0 bridgehead atoms. The van der Waals surface area contributed by atoms with Crippen LogP contribution in [0.4, 0.5) is 0 Å². The summed E-state index contributed by atoms with van der Waals surface area (Å²) in [6.45, 7) is 6.03. The predicted molar refractivity (Wildman–Crippen MR) is 182 cm³/mol. The third kappa shape index (κ3) is 6.75. The Balaban J connectivity index is 1.29. The Bertz CT molecular complexity index is 1750. The van der Waals surface area contributed by atoms with E-state index in [1.54, 1.807) is 30.2 Å². The molecule has 0 spiro atoms. The Hall–Kier alpha value is -3.38. The summed E-state index contributed by atoms with van der Waals surface area (Å²) in [6.07, 6.45) is 10.1. The number of allylic oxidation sites excluding steroid dienone is 1. The normalized spacial score (nSPS) is 31.0. The summed E-state index contributed by atoms with van der Waals surface area (Å²) in [5.41, 5.74) is -1.43. The summed E-state index contributed by atoms with van der Waals surface area (Å²) in [6, 6.07) is 4.41. The molecular weight excluding hydrogens is 656 g/mol. The van der Waals surface area contributed by atoms with Crippen molar-refractivity contribution in [3.05, 3.63) is 41.6 Å². The molecule has 6 atom stereocenters. The van der Waals surface area contributed by atoms with E-state index < -0.39 is 44.3 Å². The minimum Gasteiger partial charge on any atom is -0.495 e. The fourth-order valence-corrected chi connectivity index (χ4v) is 8.67. The van der Waals surface area contributed by atoms with Crippen LogP contribution in [0.5, 0.6) is 11.6 Å². The van der Waals surface area contributed by atoms with Gasteiger partial charge in [-0.05, 0) is 80.9 Å². The highest BCUT2D eigenvalue weighted by molar-refractivity contribution is 7.91. The molecule has 1 aromatic heterocycles. The molecule has 1 saturated heterocycles. The van der Waals surface area contributed by atoms with Gasteiger partial charge >= 0.3 is 0 Å². The van der Waals surface area contributed by atoms with Crippen LogP contribution in [0.25, 0.3) is 10.8 Å². The fraction of sp³-hybridized carbons (Fsp3) is 0.600. The quantitative estimate of drug-likeness (QED) is 0.388. The number of fused-ring (bicyclic) bond motifs is 3. The third-order valence-corrected chi connectivity index (χ3v) is 13.2. The Morgan fingerprint density at radius 3 is 2.71 bits per heavy atom. The van der Waals surface area contributed by atoms with Crippen molar-refractivity contribution in [1.82, 2.24) is 19.9 Å². The molecule has 2 aromatic rings. The van der Waals surface area contributed by atoms with Crippen LogP contribution in [0.15, 0.2) is 36.5 Å². The highest BCUT2D eigenvalue weighted by Crippen LogP contribution is 2.47. The van der Waals surface area contributed by atoms with Crippen LogP contribution in [-0.2, 0) is 24.4 Å². The van der Waals surface area contributed by atoms with Crippen LogP contribution >= 0.6 is 11.6 Å². The number of ether oxygens (including phenoxy) is 2. The summed E-state index contributed by atoms with van der Waals surface area (Å²) < 4.78 is 39.1. The maximum atomic E-state index is 14.2. The van der Waals surface area contributed by atoms with Crippen LogP contribution in [0.3, 0.4) is 0 Å². The first-order chi connectivity index (χ1) is 22.8. The van der Waals surface area contributed by atoms with E-state index in [-0.39, 0.29) is 37.1 Å². The molecule has 3 amide bonds. The summed E-state index contributed by atoms with van der Waals surface area (Å²) in [5, 5.41) is 4.79. The van der Waals surface area contributed by atoms with Gasteiger partial charge in [0, 0.05) is 30.3 Å². The van der Waals surface area contributed by atoms with E-state index in [9.17, 15) is 22.8 Å². The van der Waals surface area contributed by atoms with Crippen LogP contribution in [0.1, 0.15) is 78.6 Å². The largest absolute Gasteiger partial charge is 0.495 e. The minimum absolute atomic E-state index is 0.151. The first-order valence-corrected chi connectivity index (χ1v) is 18.8. The number of carbonyl (C=O) groups excluding carboxylic acids is 3. The number of pyridine rings is 1. The molecule has 0 unspecified atom stereocenters. The molecule has 3 fully saturated rings. The lowest BCUT2D eigenvalue weighted by atomic mass is 9.88. The number of amides is 3. The lowest BCUT2D eigenvalue weighted by molar-refractivity contribution is -0.140. The SMILES string of the molecule is CC[C@H]1CC(=O)N2C[C@H](Oc3nccc4cc(OC)c(Cl)cc34)C[C@H]2C(=O)N[C@]2(C(=O)NS(=O)(=O)C3(C)CC3)C[C@H]2/C=C\CC[C@@H](C)C1. The zero-order valence-corrected chi connectivity index (χ0v) is 29.5. The Kier molecular flexibility index (Phi) is 9.45. The number of benzene rings is 1. The van der Waals surface area contributed by atoms with Crippen molar-refractivity contribution >= 4 is 50.1 Å². The van der Waals surface area contributed by atoms with Gasteiger partial charge in [-0.1, -0.05) is 44.0 Å². The van der Waals surface area contributed by atoms with E-state index in [2.05, 4.69) is 28.9 Å². The number of aromatic nitrogens is 1. The van der Waals surface area contributed by atoms with Gasteiger partial charge in [0.05, 0.1) is 23.4 Å². The van der Waals surface area contributed by atoms with E-state index in [4.69, 9.17) is 21.1 Å². The van der Waals surface area contributed by atoms with Gasteiger partial charge in [0.2, 0.25) is 27.7 Å². The topological polar surface area (TPSA) is 144 Å². The molecule has 4 aliphatic rings. The average molecular weight is 701 g/mol. The number of carbonyl (C=O) groups is 3. The number of rotatable bonds is 7. The maximum Gasteiger partial charge on any atom is 0.259 e. The van der Waals surface area contributed by atoms with Crippen LogP contribution < -0.4 is 19.5 Å². The summed E-state index contributed by atoms with van der Waals surface area (Å²) in [4.78, 5) is 47.9. The zero-order valence-electron chi connectivity index (χ0n) is 28.0. The number of methoxy groups -OCH3 is 1. The Morgan fingerprint density at radius 1 is 1.23 bits per heavy atom. The van der Waals surface area contributed by atoms with Gasteiger partial charge in [-0.3, -0.25) is 19.1 Å². The second-order valence-corrected chi connectivity index (χ2v) is 16.9. The molecule has 13 heteroatoms. The third-order valence-electron chi connectivity index (χ3n) is 10.7. The van der Waals surface area contributed by atoms with Gasteiger partial charge in [-0.15, -0.1) is 0 Å². The summed E-state index contributed by atoms with van der Waals surface area (Å²) in [5.74, 6) is -0.401. The van der Waals surface area contributed by atoms with Gasteiger partial charge < -0.3 is 19.7 Å². The molecule has 2 N–H and O–H groups in total. The summed E-state index contributed by atoms with van der Waals surface area (Å²) >= 11 is 6.43. The van der Waals surface area contributed by atoms with E-state index in [1.807, 2.05) is 18.2 Å². The number of halogens is 1. The molecule has 11 nitrogen and oxygen atoms in total. The lowest BCUT2D eigenvalue weighted by Crippen LogP contribution is -2.57. The van der Waals surface area contributed by atoms with E-state index in [0.717, 1.165) is 31.1 Å². The zero-order chi connectivity index (χ0) is 34.4. The number of nitrogens with zero attached hydrogens (tertiary/aromatic N) is 2. The minimum atomic E-state index is -3.93. The maximum absolute atomic E-state index is 14.2. The van der Waals surface area contributed by atoms with Crippen molar-refractivity contribution in [1.29, 1.82) is 0 Å². The molecule has 0 radical (unpaired) electrons. The monoisotopic (exact) mass is 700 g/mol. The van der Waals surface area contributed by atoms with Gasteiger partial charge in [0.1, 0.15) is 23.4 Å². The molecule has 3 heterocycles. The van der Waals surface area contributed by atoms with Crippen molar-refractivity contribution in [3.63, 3.8) is 0 Å². The highest BCUT2D eigenvalue weighted by atomic mass is 35.5. The van der Waals surface area contributed by atoms with Crippen molar-refractivity contribution in [2.45, 2.75) is 101 Å². The second-order valence-electron chi connectivity index (χ2n) is 14.3. The van der Waals surface area contributed by atoms with E-state index >= 15 is 0 Å². The first-order valence-electron chi connectivity index (χ1n) is 16.9. The Labute approximate surface area is 287 Å². The predicted octanol–water partition coefficient (Wildman–Crippen LogP) is 4.91. The van der Waals surface area contributed by atoms with Crippen molar-refractivity contribution in [3.8, 4) is 11.6 Å². The Morgan fingerprint density at radius 2 is 2.00 bits per heavy atom. The fourth-order valence-electron chi connectivity index (χ4n) is 7.11. The van der Waals surface area contributed by atoms with Crippen molar-refractivity contribution in [2.75, 3.05) is 13.7 Å². The molecule has 2 aliphatic carbocycles. The highest BCUT2D eigenvalue weighted by Gasteiger charge is 2.63. The van der Waals surface area contributed by atoms with Crippen LogP contribution in [0.2, 0.25) is 5.02 Å². The summed E-state index contributed by atoms with van der Waals surface area (Å²) in [7, 11) is -2.39. The van der Waals surface area contributed by atoms with Crippen molar-refractivity contribution in [2.24, 2.45) is 17.8 Å². The standard InChI is InChI=1S/C35H45ClN4O7S/c1-5-22-14-21(2)8-6-7-9-24-19-35(24,33(43)39-48(44,45)34(3)11-12-34)38-31(42)28-17-25(20-40(28)30(41)15-22)47-32-26-18-27(36)29(46-4)16-23(26)10-13-37-32/h7,9-10,13,16,18,21-22,24-25,28H,5-6,8,11-12,14-15,17,19-20H2,1-4H3,(H,38,42)(H,39,43)/b9-7-/t21-,22-,24-,25-,28+,35-/m1/s1. The van der Waals surface area contributed by atoms with Gasteiger partial charge in [-0.2, -0.15) is 0 Å². The number of sulfonamides is 1. The van der Waals surface area contributed by atoms with Crippen LogP contribution in [0, 0.1) is 17.8 Å². The van der Waals surface area contributed by atoms with Gasteiger partial charge in [0.15, 0.2) is 0 Å². The van der Waals surface area contributed by atoms with E-state index in [0.29, 0.717) is 47.2 Å². The van der Waals surface area contributed by atoms with Crippen molar-refractivity contribution < 1.29 is 32.3 Å². The molecule has 2 saturated carbocycles. The second kappa shape index (κ2) is 13.2. The lowest BCUT2D eigenvalue weighted by Gasteiger charge is -2.28.